The van der Waals surface area contributed by atoms with Gasteiger partial charge >= 0.3 is 0 Å². The first-order valence-corrected chi connectivity index (χ1v) is 7.20. The summed E-state index contributed by atoms with van der Waals surface area (Å²) in [5.74, 6) is 0.849. The Bertz CT molecular complexity index is 537. The van der Waals surface area contributed by atoms with Gasteiger partial charge in [-0.25, -0.2) is 4.98 Å². The summed E-state index contributed by atoms with van der Waals surface area (Å²) >= 11 is 8.02. The molecule has 0 unspecified atom stereocenters. The number of nitrogens with two attached hydrogens (primary N) is 1. The number of anilines is 2. The second-order valence-corrected chi connectivity index (χ2v) is 5.95. The third-order valence-corrected chi connectivity index (χ3v) is 4.15. The van der Waals surface area contributed by atoms with Gasteiger partial charge in [-0.15, -0.1) is 11.3 Å². The number of aromatic nitrogens is 1. The quantitative estimate of drug-likeness (QED) is 0.931. The lowest BCUT2D eigenvalue weighted by molar-refractivity contribution is 0.787. The van der Waals surface area contributed by atoms with Crippen LogP contribution in [0.2, 0.25) is 5.02 Å². The van der Waals surface area contributed by atoms with E-state index in [2.05, 4.69) is 27.4 Å². The fourth-order valence-corrected chi connectivity index (χ4v) is 2.98. The fourth-order valence-electron chi connectivity index (χ4n) is 1.99. The van der Waals surface area contributed by atoms with Crippen LogP contribution in [0.5, 0.6) is 0 Å². The Morgan fingerprint density at radius 2 is 2.33 bits per heavy atom. The van der Waals surface area contributed by atoms with Gasteiger partial charge in [-0.05, 0) is 30.4 Å². The third kappa shape index (κ3) is 2.44. The van der Waals surface area contributed by atoms with Gasteiger partial charge in [-0.1, -0.05) is 17.7 Å². The minimum atomic E-state index is 0.570. The van der Waals surface area contributed by atoms with Crippen LogP contribution in [0.4, 0.5) is 11.5 Å². The van der Waals surface area contributed by atoms with E-state index in [1.54, 1.807) is 23.6 Å². The third-order valence-electron chi connectivity index (χ3n) is 3.01. The number of thiophene rings is 1. The molecule has 18 heavy (non-hydrogen) atoms. The van der Waals surface area contributed by atoms with Gasteiger partial charge in [0.05, 0.1) is 23.5 Å². The zero-order valence-corrected chi connectivity index (χ0v) is 11.4. The molecule has 1 aliphatic carbocycles. The van der Waals surface area contributed by atoms with E-state index in [-0.39, 0.29) is 0 Å². The van der Waals surface area contributed by atoms with Crippen molar-refractivity contribution in [2.45, 2.75) is 25.4 Å². The van der Waals surface area contributed by atoms with E-state index in [1.807, 2.05) is 0 Å². The Morgan fingerprint density at radius 3 is 2.94 bits per heavy atom. The number of hydrogen-bond acceptors (Lipinski definition) is 4. The van der Waals surface area contributed by atoms with Crippen molar-refractivity contribution in [1.29, 1.82) is 0 Å². The fraction of sp³-hybridized carbons (Fsp3) is 0.308. The molecule has 5 heteroatoms. The van der Waals surface area contributed by atoms with Crippen LogP contribution in [0.25, 0.3) is 0 Å². The van der Waals surface area contributed by atoms with E-state index in [9.17, 15) is 0 Å². The summed E-state index contributed by atoms with van der Waals surface area (Å²) in [7, 11) is 0. The molecule has 0 aliphatic heterocycles. The number of nitrogens with zero attached hydrogens (tertiary/aromatic N) is 2. The van der Waals surface area contributed by atoms with Crippen LogP contribution in [0.15, 0.2) is 29.8 Å². The number of rotatable bonds is 4. The van der Waals surface area contributed by atoms with Gasteiger partial charge in [0.25, 0.3) is 0 Å². The van der Waals surface area contributed by atoms with Gasteiger partial charge in [-0.2, -0.15) is 0 Å². The van der Waals surface area contributed by atoms with Crippen LogP contribution in [-0.4, -0.2) is 11.0 Å². The summed E-state index contributed by atoms with van der Waals surface area (Å²) in [6.45, 7) is 0.874. The molecule has 0 aromatic carbocycles. The topological polar surface area (TPSA) is 42.1 Å². The molecular weight excluding hydrogens is 266 g/mol. The normalized spacial score (nSPS) is 14.7. The lowest BCUT2D eigenvalue weighted by atomic mass is 10.3. The zero-order valence-electron chi connectivity index (χ0n) is 9.84. The van der Waals surface area contributed by atoms with Gasteiger partial charge in [0.15, 0.2) is 0 Å². The lowest BCUT2D eigenvalue weighted by Gasteiger charge is -2.24. The van der Waals surface area contributed by atoms with Gasteiger partial charge < -0.3 is 10.6 Å². The minimum absolute atomic E-state index is 0.570. The van der Waals surface area contributed by atoms with Gasteiger partial charge in [-0.3, -0.25) is 0 Å². The molecule has 2 aromatic heterocycles. The Labute approximate surface area is 115 Å². The molecule has 0 radical (unpaired) electrons. The summed E-state index contributed by atoms with van der Waals surface area (Å²) < 4.78 is 0. The van der Waals surface area contributed by atoms with Crippen LogP contribution in [0.1, 0.15) is 17.7 Å². The van der Waals surface area contributed by atoms with Gasteiger partial charge in [0.1, 0.15) is 5.82 Å². The Balaban J connectivity index is 1.89. The first-order chi connectivity index (χ1) is 8.74. The van der Waals surface area contributed by atoms with Gasteiger partial charge in [0, 0.05) is 10.9 Å². The number of nitrogen functional groups attached to an aromatic ring is 1. The summed E-state index contributed by atoms with van der Waals surface area (Å²) in [5, 5.41) is 2.73. The number of hydrogen-bond donors (Lipinski definition) is 1. The minimum Gasteiger partial charge on any atom is -0.397 e. The van der Waals surface area contributed by atoms with E-state index in [0.717, 1.165) is 12.4 Å². The van der Waals surface area contributed by atoms with Crippen molar-refractivity contribution in [2.75, 3.05) is 10.6 Å². The number of halogens is 1. The lowest BCUT2D eigenvalue weighted by Crippen LogP contribution is -2.25. The summed E-state index contributed by atoms with van der Waals surface area (Å²) in [5.41, 5.74) is 6.30. The Kier molecular flexibility index (Phi) is 3.14. The molecule has 2 heterocycles. The highest BCUT2D eigenvalue weighted by Crippen LogP contribution is 2.36. The molecule has 94 valence electrons. The molecule has 3 rings (SSSR count). The molecule has 2 aromatic rings. The molecule has 0 amide bonds. The van der Waals surface area contributed by atoms with Crippen molar-refractivity contribution < 1.29 is 0 Å². The van der Waals surface area contributed by atoms with Crippen molar-refractivity contribution in [2.24, 2.45) is 0 Å². The molecule has 0 saturated heterocycles. The molecule has 3 nitrogen and oxygen atoms in total. The summed E-state index contributed by atoms with van der Waals surface area (Å²) in [4.78, 5) is 8.01. The molecule has 1 saturated carbocycles. The largest absolute Gasteiger partial charge is 0.397 e. The number of pyridine rings is 1. The maximum atomic E-state index is 6.26. The van der Waals surface area contributed by atoms with Crippen LogP contribution in [-0.2, 0) is 6.54 Å². The van der Waals surface area contributed by atoms with Crippen molar-refractivity contribution >= 4 is 34.4 Å². The summed E-state index contributed by atoms with van der Waals surface area (Å²) in [6.07, 6.45) is 4.10. The van der Waals surface area contributed by atoms with E-state index in [0.29, 0.717) is 16.8 Å². The molecule has 2 N–H and O–H groups in total. The average molecular weight is 280 g/mol. The monoisotopic (exact) mass is 279 g/mol. The molecule has 0 atom stereocenters. The molecule has 1 aliphatic rings. The Hall–Kier alpha value is -1.26. The van der Waals surface area contributed by atoms with E-state index >= 15 is 0 Å². The Morgan fingerprint density at radius 1 is 1.50 bits per heavy atom. The van der Waals surface area contributed by atoms with Crippen molar-refractivity contribution in [3.8, 4) is 0 Å². The summed E-state index contributed by atoms with van der Waals surface area (Å²) in [6, 6.07) is 6.56. The standard InChI is InChI=1S/C13H14ClN3S/c14-12-6-9(15)7-16-13(12)17(10-3-4-10)8-11-2-1-5-18-11/h1-2,5-7,10H,3-4,8,15H2. The SMILES string of the molecule is Nc1cnc(N(Cc2cccs2)C2CC2)c(Cl)c1. The predicted molar refractivity (Wildman–Crippen MR) is 77.2 cm³/mol. The van der Waals surface area contributed by atoms with Crippen LogP contribution in [0.3, 0.4) is 0 Å². The first-order valence-electron chi connectivity index (χ1n) is 5.94. The van der Waals surface area contributed by atoms with Crippen LogP contribution >= 0.6 is 22.9 Å². The maximum absolute atomic E-state index is 6.26. The smallest absolute Gasteiger partial charge is 0.148 e. The second-order valence-electron chi connectivity index (χ2n) is 4.51. The molecule has 0 bridgehead atoms. The van der Waals surface area contributed by atoms with Crippen LogP contribution in [0, 0.1) is 0 Å². The van der Waals surface area contributed by atoms with E-state index < -0.39 is 0 Å². The first kappa shape index (κ1) is 11.8. The second kappa shape index (κ2) is 4.78. The average Bonchev–Trinajstić information content (AvgIpc) is 3.05. The van der Waals surface area contributed by atoms with Crippen molar-refractivity contribution in [1.82, 2.24) is 4.98 Å². The molecule has 0 spiro atoms. The van der Waals surface area contributed by atoms with E-state index in [1.165, 1.54) is 17.7 Å². The van der Waals surface area contributed by atoms with Gasteiger partial charge in [0.2, 0.25) is 0 Å². The van der Waals surface area contributed by atoms with Crippen molar-refractivity contribution in [3.05, 3.63) is 39.7 Å². The highest BCUT2D eigenvalue weighted by Gasteiger charge is 2.31. The molecule has 1 fully saturated rings. The molecular formula is C13H14ClN3S. The maximum Gasteiger partial charge on any atom is 0.148 e. The van der Waals surface area contributed by atoms with Crippen molar-refractivity contribution in [3.63, 3.8) is 0 Å². The van der Waals surface area contributed by atoms with E-state index in [4.69, 9.17) is 17.3 Å². The van der Waals surface area contributed by atoms with Crippen LogP contribution < -0.4 is 10.6 Å². The highest BCUT2D eigenvalue weighted by molar-refractivity contribution is 7.09. The predicted octanol–water partition coefficient (Wildman–Crippen LogP) is 3.55. The zero-order chi connectivity index (χ0) is 12.5. The highest BCUT2D eigenvalue weighted by atomic mass is 35.5.